The number of carbonyl (C=O) groups is 3. The van der Waals surface area contributed by atoms with Crippen LogP contribution in [-0.2, 0) is 14.4 Å². The van der Waals surface area contributed by atoms with Crippen LogP contribution in [0.5, 0.6) is 0 Å². The SMILES string of the molecule is CC(=O)C1(C(C)(C)S)NC1=O.O=C(O)[C@@H]1CCCN1. The first-order chi connectivity index (χ1) is 8.63. The van der Waals surface area contributed by atoms with Gasteiger partial charge in [-0.3, -0.25) is 14.4 Å². The maximum absolute atomic E-state index is 11.1. The molecular weight excluding hydrogens is 268 g/mol. The van der Waals surface area contributed by atoms with Crippen molar-refractivity contribution in [1.29, 1.82) is 0 Å². The monoisotopic (exact) mass is 288 g/mol. The fourth-order valence-corrected chi connectivity index (χ4v) is 2.46. The minimum Gasteiger partial charge on any atom is -0.480 e. The molecule has 1 unspecified atom stereocenters. The Morgan fingerprint density at radius 1 is 1.47 bits per heavy atom. The molecule has 2 fully saturated rings. The Hall–Kier alpha value is -1.08. The highest BCUT2D eigenvalue weighted by Gasteiger charge is 2.65. The summed E-state index contributed by atoms with van der Waals surface area (Å²) in [5, 5.41) is 13.7. The molecule has 3 N–H and O–H groups in total. The number of carboxylic acid groups (broad SMARTS) is 1. The van der Waals surface area contributed by atoms with Gasteiger partial charge in [-0.25, -0.2) is 0 Å². The second-order valence-electron chi connectivity index (χ2n) is 5.31. The van der Waals surface area contributed by atoms with Crippen LogP contribution in [0.1, 0.15) is 33.6 Å². The Bertz CT molecular complexity index is 399. The number of hydrogen-bond acceptors (Lipinski definition) is 5. The number of Topliss-reactive ketones (excluding diaryl/α,β-unsaturated/α-hetero) is 1. The second kappa shape index (κ2) is 5.50. The van der Waals surface area contributed by atoms with E-state index in [0.29, 0.717) is 0 Å². The van der Waals surface area contributed by atoms with Gasteiger partial charge >= 0.3 is 5.97 Å². The third kappa shape index (κ3) is 3.27. The van der Waals surface area contributed by atoms with Gasteiger partial charge in [0, 0.05) is 4.75 Å². The molecule has 6 nitrogen and oxygen atoms in total. The van der Waals surface area contributed by atoms with E-state index in [2.05, 4.69) is 23.3 Å². The molecule has 0 aromatic rings. The van der Waals surface area contributed by atoms with Crippen LogP contribution in [0.4, 0.5) is 0 Å². The van der Waals surface area contributed by atoms with Crippen LogP contribution >= 0.6 is 12.6 Å². The van der Waals surface area contributed by atoms with Gasteiger partial charge in [-0.1, -0.05) is 0 Å². The summed E-state index contributed by atoms with van der Waals surface area (Å²) in [5.41, 5.74) is -1.02. The maximum atomic E-state index is 11.1. The average molecular weight is 288 g/mol. The fraction of sp³-hybridized carbons (Fsp3) is 0.750. The summed E-state index contributed by atoms with van der Waals surface area (Å²) < 4.78 is -0.615. The van der Waals surface area contributed by atoms with E-state index in [1.54, 1.807) is 13.8 Å². The lowest BCUT2D eigenvalue weighted by molar-refractivity contribution is -0.139. The summed E-state index contributed by atoms with van der Waals surface area (Å²) in [7, 11) is 0. The molecule has 1 amide bonds. The first-order valence-electron chi connectivity index (χ1n) is 6.15. The topological polar surface area (TPSA) is 105 Å². The van der Waals surface area contributed by atoms with Crippen LogP contribution < -0.4 is 10.6 Å². The first-order valence-corrected chi connectivity index (χ1v) is 6.60. The molecule has 0 saturated carbocycles. The predicted octanol–water partition coefficient (Wildman–Crippen LogP) is -0.0246. The quantitative estimate of drug-likeness (QED) is 0.332. The predicted molar refractivity (Wildman–Crippen MR) is 73.3 cm³/mol. The molecule has 2 heterocycles. The molecular formula is C12H20N2O4S. The smallest absolute Gasteiger partial charge is 0.320 e. The van der Waals surface area contributed by atoms with Crippen molar-refractivity contribution in [2.75, 3.05) is 6.54 Å². The molecule has 0 aromatic carbocycles. The third-order valence-corrected chi connectivity index (χ3v) is 3.72. The van der Waals surface area contributed by atoms with Crippen molar-refractivity contribution in [1.82, 2.24) is 10.6 Å². The van der Waals surface area contributed by atoms with Gasteiger partial charge in [-0.2, -0.15) is 12.6 Å². The number of nitrogens with one attached hydrogen (secondary N) is 2. The lowest BCUT2D eigenvalue weighted by Crippen LogP contribution is -2.44. The summed E-state index contributed by atoms with van der Waals surface area (Å²) in [6, 6.07) is -0.269. The molecule has 0 aliphatic carbocycles. The standard InChI is InChI=1S/C7H11NO2S.C5H9NO2/c1-4(9)7(5(10)8-7)6(2,3)11;7-5(8)4-2-1-3-6-4/h11H,1-3H3,(H,8,10);4,6H,1-3H2,(H,7,8)/t;4-/m.0/s1. The van der Waals surface area contributed by atoms with Crippen molar-refractivity contribution in [3.8, 4) is 0 Å². The lowest BCUT2D eigenvalue weighted by atomic mass is 9.90. The number of thiol groups is 1. The van der Waals surface area contributed by atoms with Crippen LogP contribution in [0, 0.1) is 0 Å². The van der Waals surface area contributed by atoms with Crippen LogP contribution in [-0.4, -0.2) is 45.6 Å². The Kier molecular flexibility index (Phi) is 4.63. The van der Waals surface area contributed by atoms with E-state index in [0.717, 1.165) is 19.4 Å². The van der Waals surface area contributed by atoms with Crippen LogP contribution in [0.15, 0.2) is 0 Å². The molecule has 19 heavy (non-hydrogen) atoms. The number of aliphatic carboxylic acids is 1. The van der Waals surface area contributed by atoms with Crippen LogP contribution in [0.25, 0.3) is 0 Å². The molecule has 2 atom stereocenters. The maximum Gasteiger partial charge on any atom is 0.320 e. The van der Waals surface area contributed by atoms with E-state index < -0.39 is 16.3 Å². The number of rotatable bonds is 3. The molecule has 108 valence electrons. The minimum absolute atomic E-state index is 0.164. The largest absolute Gasteiger partial charge is 0.480 e. The third-order valence-electron chi connectivity index (χ3n) is 3.38. The average Bonchev–Trinajstić information content (AvgIpc) is 2.77. The number of carbonyl (C=O) groups excluding carboxylic acids is 2. The Morgan fingerprint density at radius 3 is 2.11 bits per heavy atom. The molecule has 0 spiro atoms. The van der Waals surface area contributed by atoms with Crippen LogP contribution in [0.2, 0.25) is 0 Å². The van der Waals surface area contributed by atoms with Crippen molar-refractivity contribution < 1.29 is 19.5 Å². The Morgan fingerprint density at radius 2 is 2.00 bits per heavy atom. The van der Waals surface area contributed by atoms with E-state index in [9.17, 15) is 14.4 Å². The highest BCUT2D eigenvalue weighted by atomic mass is 32.1. The van der Waals surface area contributed by atoms with E-state index in [1.165, 1.54) is 6.92 Å². The molecule has 7 heteroatoms. The molecule has 2 rings (SSSR count). The van der Waals surface area contributed by atoms with Gasteiger partial charge in [0.1, 0.15) is 6.04 Å². The van der Waals surface area contributed by atoms with Gasteiger partial charge < -0.3 is 15.7 Å². The highest BCUT2D eigenvalue weighted by Crippen LogP contribution is 2.37. The molecule has 0 radical (unpaired) electrons. The molecule has 2 aliphatic rings. The summed E-state index contributed by atoms with van der Waals surface area (Å²) in [4.78, 5) is 32.1. The van der Waals surface area contributed by atoms with Gasteiger partial charge in [0.05, 0.1) is 0 Å². The van der Waals surface area contributed by atoms with Gasteiger partial charge in [-0.05, 0) is 40.2 Å². The summed E-state index contributed by atoms with van der Waals surface area (Å²) in [6.07, 6.45) is 1.78. The van der Waals surface area contributed by atoms with Gasteiger partial charge in [0.25, 0.3) is 5.91 Å². The van der Waals surface area contributed by atoms with Crippen molar-refractivity contribution in [2.45, 2.75) is 49.9 Å². The fourth-order valence-electron chi connectivity index (χ4n) is 2.14. The highest BCUT2D eigenvalue weighted by molar-refractivity contribution is 7.82. The number of hydrogen-bond donors (Lipinski definition) is 4. The normalized spacial score (nSPS) is 29.1. The van der Waals surface area contributed by atoms with Crippen molar-refractivity contribution >= 4 is 30.3 Å². The van der Waals surface area contributed by atoms with E-state index in [-0.39, 0.29) is 17.7 Å². The van der Waals surface area contributed by atoms with Gasteiger partial charge in [-0.15, -0.1) is 0 Å². The summed E-state index contributed by atoms with van der Waals surface area (Å²) >= 11 is 4.19. The van der Waals surface area contributed by atoms with Crippen molar-refractivity contribution in [3.05, 3.63) is 0 Å². The zero-order chi connectivity index (χ0) is 14.8. The second-order valence-corrected chi connectivity index (χ2v) is 6.42. The Balaban J connectivity index is 0.000000200. The van der Waals surface area contributed by atoms with Gasteiger partial charge in [0.2, 0.25) is 0 Å². The summed E-state index contributed by atoms with van der Waals surface area (Å²) in [5.74, 6) is -1.10. The number of ketones is 1. The van der Waals surface area contributed by atoms with Gasteiger partial charge in [0.15, 0.2) is 11.3 Å². The van der Waals surface area contributed by atoms with Crippen molar-refractivity contribution in [2.24, 2.45) is 0 Å². The summed E-state index contributed by atoms with van der Waals surface area (Å²) in [6.45, 7) is 5.75. The Labute approximate surface area is 117 Å². The zero-order valence-electron chi connectivity index (χ0n) is 11.3. The lowest BCUT2D eigenvalue weighted by Gasteiger charge is -2.22. The molecule has 2 aliphatic heterocycles. The van der Waals surface area contributed by atoms with E-state index in [4.69, 9.17) is 5.11 Å². The first kappa shape index (κ1) is 16.0. The number of carboxylic acids is 1. The minimum atomic E-state index is -1.02. The zero-order valence-corrected chi connectivity index (χ0v) is 12.2. The van der Waals surface area contributed by atoms with E-state index in [1.807, 2.05) is 0 Å². The molecule has 0 bridgehead atoms. The van der Waals surface area contributed by atoms with Crippen molar-refractivity contribution in [3.63, 3.8) is 0 Å². The van der Waals surface area contributed by atoms with Crippen LogP contribution in [0.3, 0.4) is 0 Å². The number of amides is 1. The van der Waals surface area contributed by atoms with E-state index >= 15 is 0 Å². The molecule has 0 aromatic heterocycles. The molecule has 2 saturated heterocycles.